The molecule has 3 heteroatoms. The van der Waals surface area contributed by atoms with Crippen LogP contribution in [0, 0.1) is 0 Å². The first-order chi connectivity index (χ1) is 7.61. The normalized spacial score (nSPS) is 24.1. The minimum Gasteiger partial charge on any atom is -0.342 e. The zero-order chi connectivity index (χ0) is 11.6. The minimum absolute atomic E-state index is 0.207. The molecule has 0 saturated heterocycles. The van der Waals surface area contributed by atoms with Crippen molar-refractivity contribution in [1.82, 2.24) is 10.2 Å². The van der Waals surface area contributed by atoms with Gasteiger partial charge in [0.1, 0.15) is 0 Å². The van der Waals surface area contributed by atoms with E-state index in [-0.39, 0.29) is 11.4 Å². The summed E-state index contributed by atoms with van der Waals surface area (Å²) < 4.78 is 0. The minimum atomic E-state index is 0.207. The van der Waals surface area contributed by atoms with Crippen LogP contribution in [0.1, 0.15) is 51.9 Å². The van der Waals surface area contributed by atoms with Crippen molar-refractivity contribution in [2.24, 2.45) is 0 Å². The van der Waals surface area contributed by atoms with Crippen LogP contribution in [0.2, 0.25) is 0 Å². The van der Waals surface area contributed by atoms with Gasteiger partial charge in [0.2, 0.25) is 5.91 Å². The van der Waals surface area contributed by atoms with Crippen LogP contribution in [-0.4, -0.2) is 36.0 Å². The molecule has 2 aliphatic carbocycles. The van der Waals surface area contributed by atoms with E-state index in [4.69, 9.17) is 0 Å². The molecular weight excluding hydrogens is 200 g/mol. The van der Waals surface area contributed by atoms with Crippen LogP contribution in [-0.2, 0) is 4.79 Å². The second-order valence-corrected chi connectivity index (χ2v) is 5.71. The molecule has 1 N–H and O–H groups in total. The summed E-state index contributed by atoms with van der Waals surface area (Å²) in [5, 5.41) is 3.47. The van der Waals surface area contributed by atoms with Crippen LogP contribution >= 0.6 is 0 Å². The largest absolute Gasteiger partial charge is 0.342 e. The number of hydrogen-bond donors (Lipinski definition) is 1. The number of carbonyl (C=O) groups excluding carboxylic acids is 1. The second-order valence-electron chi connectivity index (χ2n) is 5.71. The lowest BCUT2D eigenvalue weighted by Gasteiger charge is -2.35. The van der Waals surface area contributed by atoms with E-state index in [9.17, 15) is 4.79 Å². The average Bonchev–Trinajstić information content (AvgIpc) is 3.10. The average molecular weight is 224 g/mol. The molecule has 0 unspecified atom stereocenters. The van der Waals surface area contributed by atoms with Gasteiger partial charge >= 0.3 is 0 Å². The highest BCUT2D eigenvalue weighted by Crippen LogP contribution is 2.28. The van der Waals surface area contributed by atoms with Crippen molar-refractivity contribution in [3.05, 3.63) is 0 Å². The van der Waals surface area contributed by atoms with Crippen molar-refractivity contribution in [2.75, 3.05) is 13.6 Å². The van der Waals surface area contributed by atoms with Crippen molar-refractivity contribution in [1.29, 1.82) is 0 Å². The number of nitrogens with zero attached hydrogens (tertiary/aromatic N) is 1. The van der Waals surface area contributed by atoms with Gasteiger partial charge in [-0.1, -0.05) is 19.3 Å². The first-order valence-electron chi connectivity index (χ1n) is 6.61. The van der Waals surface area contributed by atoms with Crippen molar-refractivity contribution in [2.45, 2.75) is 63.5 Å². The number of likely N-dealkylation sites (N-methyl/N-ethyl adjacent to an activating group) is 1. The van der Waals surface area contributed by atoms with E-state index in [1.165, 1.54) is 44.9 Å². The van der Waals surface area contributed by atoms with E-state index in [0.29, 0.717) is 12.6 Å². The number of nitrogens with one attached hydrogen (secondary N) is 1. The highest BCUT2D eigenvalue weighted by atomic mass is 16.2. The maximum absolute atomic E-state index is 11.9. The number of carbonyl (C=O) groups is 1. The molecule has 0 atom stereocenters. The summed E-state index contributed by atoms with van der Waals surface area (Å²) in [6.45, 7) is 2.78. The highest BCUT2D eigenvalue weighted by molar-refractivity contribution is 5.78. The van der Waals surface area contributed by atoms with E-state index >= 15 is 0 Å². The van der Waals surface area contributed by atoms with Crippen LogP contribution in [0.15, 0.2) is 0 Å². The van der Waals surface area contributed by atoms with Gasteiger partial charge in [-0.3, -0.25) is 4.79 Å². The summed E-state index contributed by atoms with van der Waals surface area (Å²) in [6, 6.07) is 0.536. The van der Waals surface area contributed by atoms with E-state index < -0.39 is 0 Å². The summed E-state index contributed by atoms with van der Waals surface area (Å²) in [5.74, 6) is 0.259. The Labute approximate surface area is 98.6 Å². The van der Waals surface area contributed by atoms with Gasteiger partial charge < -0.3 is 10.2 Å². The molecule has 0 aromatic rings. The molecule has 16 heavy (non-hydrogen) atoms. The van der Waals surface area contributed by atoms with Crippen molar-refractivity contribution in [3.8, 4) is 0 Å². The Kier molecular flexibility index (Phi) is 3.53. The summed E-state index contributed by atoms with van der Waals surface area (Å²) in [6.07, 6.45) is 8.78. The first-order valence-corrected chi connectivity index (χ1v) is 6.61. The van der Waals surface area contributed by atoms with Crippen LogP contribution in [0.3, 0.4) is 0 Å². The molecule has 2 fully saturated rings. The molecule has 0 aliphatic heterocycles. The zero-order valence-electron chi connectivity index (χ0n) is 10.6. The second kappa shape index (κ2) is 4.74. The third-order valence-corrected chi connectivity index (χ3v) is 4.11. The maximum atomic E-state index is 11.9. The summed E-state index contributed by atoms with van der Waals surface area (Å²) in [4.78, 5) is 13.8. The van der Waals surface area contributed by atoms with Gasteiger partial charge in [0.15, 0.2) is 0 Å². The molecule has 0 bridgehead atoms. The fraction of sp³-hybridized carbons (Fsp3) is 0.923. The SMILES string of the molecule is CN(C(=O)CNC1(C)CCCCC1)C1CC1. The van der Waals surface area contributed by atoms with E-state index in [2.05, 4.69) is 12.2 Å². The molecule has 3 nitrogen and oxygen atoms in total. The fourth-order valence-electron chi connectivity index (χ4n) is 2.59. The summed E-state index contributed by atoms with van der Waals surface area (Å²) >= 11 is 0. The lowest BCUT2D eigenvalue weighted by molar-refractivity contribution is -0.129. The zero-order valence-corrected chi connectivity index (χ0v) is 10.6. The van der Waals surface area contributed by atoms with Crippen molar-refractivity contribution in [3.63, 3.8) is 0 Å². The van der Waals surface area contributed by atoms with Crippen LogP contribution in [0.25, 0.3) is 0 Å². The summed E-state index contributed by atoms with van der Waals surface area (Å²) in [5.41, 5.74) is 0.207. The van der Waals surface area contributed by atoms with Crippen LogP contribution in [0.5, 0.6) is 0 Å². The Hall–Kier alpha value is -0.570. The number of hydrogen-bond acceptors (Lipinski definition) is 2. The highest BCUT2D eigenvalue weighted by Gasteiger charge is 2.31. The van der Waals surface area contributed by atoms with Crippen molar-refractivity contribution >= 4 is 5.91 Å². The standard InChI is InChI=1S/C13H24N2O/c1-13(8-4-3-5-9-13)14-10-12(16)15(2)11-6-7-11/h11,14H,3-10H2,1-2H3. The first kappa shape index (κ1) is 11.9. The lowest BCUT2D eigenvalue weighted by atomic mass is 9.83. The van der Waals surface area contributed by atoms with E-state index in [1.54, 1.807) is 0 Å². The third-order valence-electron chi connectivity index (χ3n) is 4.11. The summed E-state index contributed by atoms with van der Waals surface area (Å²) in [7, 11) is 1.94. The molecular formula is C13H24N2O. The van der Waals surface area contributed by atoms with Crippen molar-refractivity contribution < 1.29 is 4.79 Å². The predicted molar refractivity (Wildman–Crippen MR) is 65.3 cm³/mol. The monoisotopic (exact) mass is 224 g/mol. The van der Waals surface area contributed by atoms with Gasteiger partial charge in [0.05, 0.1) is 6.54 Å². The molecule has 1 amide bonds. The van der Waals surface area contributed by atoms with Gasteiger partial charge in [-0.15, -0.1) is 0 Å². The molecule has 0 spiro atoms. The molecule has 92 valence electrons. The van der Waals surface area contributed by atoms with Gasteiger partial charge in [-0.2, -0.15) is 0 Å². The molecule has 0 aromatic carbocycles. The van der Waals surface area contributed by atoms with Gasteiger partial charge in [-0.05, 0) is 32.6 Å². The van der Waals surface area contributed by atoms with Gasteiger partial charge in [0.25, 0.3) is 0 Å². The topological polar surface area (TPSA) is 32.3 Å². The van der Waals surface area contributed by atoms with Gasteiger partial charge in [-0.25, -0.2) is 0 Å². The Morgan fingerprint density at radius 2 is 1.94 bits per heavy atom. The fourth-order valence-corrected chi connectivity index (χ4v) is 2.59. The van der Waals surface area contributed by atoms with Crippen LogP contribution in [0.4, 0.5) is 0 Å². The Balaban J connectivity index is 1.74. The maximum Gasteiger partial charge on any atom is 0.236 e. The Bertz CT molecular complexity index is 255. The van der Waals surface area contributed by atoms with Crippen LogP contribution < -0.4 is 5.32 Å². The van der Waals surface area contributed by atoms with Gasteiger partial charge in [0, 0.05) is 18.6 Å². The van der Waals surface area contributed by atoms with E-state index in [0.717, 1.165) is 0 Å². The molecule has 0 radical (unpaired) electrons. The molecule has 2 aliphatic rings. The Morgan fingerprint density at radius 1 is 1.31 bits per heavy atom. The molecule has 0 aromatic heterocycles. The Morgan fingerprint density at radius 3 is 2.50 bits per heavy atom. The quantitative estimate of drug-likeness (QED) is 0.791. The smallest absolute Gasteiger partial charge is 0.236 e. The lowest BCUT2D eigenvalue weighted by Crippen LogP contribution is -2.48. The molecule has 0 heterocycles. The number of amides is 1. The third kappa shape index (κ3) is 2.97. The molecule has 2 saturated carbocycles. The number of rotatable bonds is 4. The predicted octanol–water partition coefficient (Wildman–Crippen LogP) is 1.92. The molecule has 2 rings (SSSR count). The van der Waals surface area contributed by atoms with E-state index in [1.807, 2.05) is 11.9 Å².